The van der Waals surface area contributed by atoms with Crippen LogP contribution in [0.5, 0.6) is 0 Å². The highest BCUT2D eigenvalue weighted by Crippen LogP contribution is 2.29. The third-order valence-corrected chi connectivity index (χ3v) is 4.11. The number of benzene rings is 2. The Morgan fingerprint density at radius 3 is 2.45 bits per heavy atom. The molecule has 0 aliphatic carbocycles. The Bertz CT molecular complexity index is 621. The van der Waals surface area contributed by atoms with Crippen LogP contribution in [0.4, 0.5) is 5.69 Å². The summed E-state index contributed by atoms with van der Waals surface area (Å²) in [5.41, 5.74) is 7.10. The molecule has 2 N–H and O–H groups in total. The monoisotopic (exact) mass is 421 g/mol. The second kappa shape index (κ2) is 6.65. The summed E-state index contributed by atoms with van der Waals surface area (Å²) in [6.45, 7) is 0.190. The molecule has 0 amide bonds. The summed E-state index contributed by atoms with van der Waals surface area (Å²) < 4.78 is 6.33. The van der Waals surface area contributed by atoms with Gasteiger partial charge in [-0.05, 0) is 52.4 Å². The topological polar surface area (TPSA) is 52.3 Å². The van der Waals surface area contributed by atoms with Gasteiger partial charge in [-0.1, -0.05) is 35.3 Å². The SMILES string of the molecule is Nc1cc(C(=O)OCc2ccc(I)cc2)cc(Cl)c1Cl. The lowest BCUT2D eigenvalue weighted by Crippen LogP contribution is -2.06. The highest BCUT2D eigenvalue weighted by molar-refractivity contribution is 14.1. The van der Waals surface area contributed by atoms with E-state index in [1.165, 1.54) is 12.1 Å². The van der Waals surface area contributed by atoms with Crippen molar-refractivity contribution >= 4 is 57.4 Å². The van der Waals surface area contributed by atoms with Gasteiger partial charge < -0.3 is 10.5 Å². The van der Waals surface area contributed by atoms with E-state index < -0.39 is 5.97 Å². The molecule has 2 aromatic rings. The highest BCUT2D eigenvalue weighted by atomic mass is 127. The van der Waals surface area contributed by atoms with Crippen LogP contribution in [0.1, 0.15) is 15.9 Å². The predicted molar refractivity (Wildman–Crippen MR) is 89.2 cm³/mol. The molecule has 104 valence electrons. The van der Waals surface area contributed by atoms with Gasteiger partial charge in [-0.25, -0.2) is 4.79 Å². The van der Waals surface area contributed by atoms with Crippen LogP contribution in [0.25, 0.3) is 0 Å². The molecule has 0 fully saturated rings. The lowest BCUT2D eigenvalue weighted by atomic mass is 10.2. The molecule has 0 aliphatic rings. The number of hydrogen-bond donors (Lipinski definition) is 1. The minimum absolute atomic E-state index is 0.190. The molecule has 0 aliphatic heterocycles. The standard InChI is InChI=1S/C14H10Cl2INO2/c15-11-5-9(6-12(18)13(11)16)14(19)20-7-8-1-3-10(17)4-2-8/h1-6H,7,18H2. The second-order valence-corrected chi connectivity index (χ2v) is 6.09. The molecule has 0 atom stereocenters. The number of hydrogen-bond acceptors (Lipinski definition) is 3. The first-order chi connectivity index (χ1) is 9.47. The van der Waals surface area contributed by atoms with E-state index in [9.17, 15) is 4.79 Å². The Morgan fingerprint density at radius 2 is 1.85 bits per heavy atom. The number of carbonyl (C=O) groups is 1. The largest absolute Gasteiger partial charge is 0.457 e. The third kappa shape index (κ3) is 3.77. The van der Waals surface area contributed by atoms with Gasteiger partial charge in [0.15, 0.2) is 0 Å². The second-order valence-electron chi connectivity index (χ2n) is 4.06. The third-order valence-electron chi connectivity index (χ3n) is 2.58. The van der Waals surface area contributed by atoms with Gasteiger partial charge in [-0.3, -0.25) is 0 Å². The van der Waals surface area contributed by atoms with Crippen molar-refractivity contribution in [1.82, 2.24) is 0 Å². The summed E-state index contributed by atoms with van der Waals surface area (Å²) in [7, 11) is 0. The molecule has 2 aromatic carbocycles. The molecular weight excluding hydrogens is 412 g/mol. The molecule has 0 aromatic heterocycles. The van der Waals surface area contributed by atoms with Gasteiger partial charge in [0.25, 0.3) is 0 Å². The van der Waals surface area contributed by atoms with E-state index in [2.05, 4.69) is 22.6 Å². The summed E-state index contributed by atoms with van der Waals surface area (Å²) in [4.78, 5) is 11.9. The maximum absolute atomic E-state index is 11.9. The van der Waals surface area contributed by atoms with Gasteiger partial charge in [0, 0.05) is 3.57 Å². The number of halogens is 3. The van der Waals surface area contributed by atoms with Crippen LogP contribution in [0.3, 0.4) is 0 Å². The lowest BCUT2D eigenvalue weighted by Gasteiger charge is -2.07. The zero-order valence-corrected chi connectivity index (χ0v) is 13.9. The van der Waals surface area contributed by atoms with Gasteiger partial charge in [0.1, 0.15) is 6.61 Å². The highest BCUT2D eigenvalue weighted by Gasteiger charge is 2.12. The smallest absolute Gasteiger partial charge is 0.338 e. The minimum atomic E-state index is -0.492. The Hall–Kier alpha value is -0.980. The number of nitrogen functional groups attached to an aromatic ring is 1. The Balaban J connectivity index is 2.07. The van der Waals surface area contributed by atoms with Gasteiger partial charge >= 0.3 is 5.97 Å². The predicted octanol–water partition coefficient (Wildman–Crippen LogP) is 4.54. The molecule has 6 heteroatoms. The summed E-state index contributed by atoms with van der Waals surface area (Å²) in [6.07, 6.45) is 0. The van der Waals surface area contributed by atoms with E-state index in [0.29, 0.717) is 0 Å². The van der Waals surface area contributed by atoms with Crippen LogP contribution >= 0.6 is 45.8 Å². The summed E-state index contributed by atoms with van der Waals surface area (Å²) in [5.74, 6) is -0.492. The van der Waals surface area contributed by atoms with Crippen molar-refractivity contribution in [3.05, 3.63) is 61.1 Å². The van der Waals surface area contributed by atoms with Gasteiger partial charge in [-0.2, -0.15) is 0 Å². The van der Waals surface area contributed by atoms with Crippen molar-refractivity contribution in [1.29, 1.82) is 0 Å². The van der Waals surface area contributed by atoms with Gasteiger partial charge in [0.2, 0.25) is 0 Å². The average Bonchev–Trinajstić information content (AvgIpc) is 2.43. The molecule has 0 saturated carbocycles. The quantitative estimate of drug-likeness (QED) is 0.449. The lowest BCUT2D eigenvalue weighted by molar-refractivity contribution is 0.0473. The normalized spacial score (nSPS) is 10.3. The number of esters is 1. The number of carbonyl (C=O) groups excluding carboxylic acids is 1. The van der Waals surface area contributed by atoms with Crippen LogP contribution in [-0.2, 0) is 11.3 Å². The molecule has 20 heavy (non-hydrogen) atoms. The van der Waals surface area contributed by atoms with Gasteiger partial charge in [0.05, 0.1) is 21.3 Å². The van der Waals surface area contributed by atoms with Crippen LogP contribution < -0.4 is 5.73 Å². The summed E-state index contributed by atoms with van der Waals surface area (Å²) in [6, 6.07) is 10.6. The van der Waals surface area contributed by atoms with Crippen molar-refractivity contribution < 1.29 is 9.53 Å². The fourth-order valence-corrected chi connectivity index (χ4v) is 2.24. The van der Waals surface area contributed by atoms with Crippen molar-refractivity contribution in [3.8, 4) is 0 Å². The molecule has 0 radical (unpaired) electrons. The van der Waals surface area contributed by atoms with Crippen LogP contribution in [-0.4, -0.2) is 5.97 Å². The number of anilines is 1. The van der Waals surface area contributed by atoms with Gasteiger partial charge in [-0.15, -0.1) is 0 Å². The molecule has 0 bridgehead atoms. The van der Waals surface area contributed by atoms with E-state index in [1.807, 2.05) is 24.3 Å². The van der Waals surface area contributed by atoms with E-state index in [-0.39, 0.29) is 27.9 Å². The van der Waals surface area contributed by atoms with Crippen LogP contribution in [0, 0.1) is 3.57 Å². The van der Waals surface area contributed by atoms with E-state index >= 15 is 0 Å². The molecular formula is C14H10Cl2INO2. The number of nitrogens with two attached hydrogens (primary N) is 1. The first-order valence-electron chi connectivity index (χ1n) is 5.63. The van der Waals surface area contributed by atoms with Crippen molar-refractivity contribution in [3.63, 3.8) is 0 Å². The van der Waals surface area contributed by atoms with E-state index in [1.54, 1.807) is 0 Å². The molecule has 0 spiro atoms. The Kier molecular flexibility index (Phi) is 5.12. The minimum Gasteiger partial charge on any atom is -0.457 e. The van der Waals surface area contributed by atoms with E-state index in [0.717, 1.165) is 9.13 Å². The zero-order chi connectivity index (χ0) is 14.7. The maximum Gasteiger partial charge on any atom is 0.338 e. The Labute approximate surface area is 140 Å². The first-order valence-corrected chi connectivity index (χ1v) is 7.47. The van der Waals surface area contributed by atoms with Crippen molar-refractivity contribution in [2.24, 2.45) is 0 Å². The fraction of sp³-hybridized carbons (Fsp3) is 0.0714. The molecule has 2 rings (SSSR count). The Morgan fingerprint density at radius 1 is 1.20 bits per heavy atom. The first kappa shape index (κ1) is 15.4. The maximum atomic E-state index is 11.9. The van der Waals surface area contributed by atoms with Crippen LogP contribution in [0.2, 0.25) is 10.0 Å². The van der Waals surface area contributed by atoms with E-state index in [4.69, 9.17) is 33.7 Å². The fourth-order valence-electron chi connectivity index (χ4n) is 1.54. The zero-order valence-electron chi connectivity index (χ0n) is 10.2. The molecule has 3 nitrogen and oxygen atoms in total. The van der Waals surface area contributed by atoms with Crippen molar-refractivity contribution in [2.75, 3.05) is 5.73 Å². The molecule has 0 saturated heterocycles. The summed E-state index contributed by atoms with van der Waals surface area (Å²) in [5, 5.41) is 0.466. The molecule has 0 unspecified atom stereocenters. The number of rotatable bonds is 3. The number of ether oxygens (including phenoxy) is 1. The average molecular weight is 422 g/mol. The van der Waals surface area contributed by atoms with Crippen molar-refractivity contribution in [2.45, 2.75) is 6.61 Å². The summed E-state index contributed by atoms with van der Waals surface area (Å²) >= 11 is 13.9. The van der Waals surface area contributed by atoms with Crippen LogP contribution in [0.15, 0.2) is 36.4 Å². The molecule has 0 heterocycles.